The molecule has 0 bridgehead atoms. The SMILES string of the molecule is CC(C)NCc1cnc(OCc2ccco2)c(Cl)c1. The molecular formula is C14H17ClN2O2. The van der Waals surface area contributed by atoms with Crippen molar-refractivity contribution in [1.82, 2.24) is 10.3 Å². The molecule has 0 atom stereocenters. The average molecular weight is 281 g/mol. The third-order valence-corrected chi connectivity index (χ3v) is 2.78. The Labute approximate surface area is 117 Å². The van der Waals surface area contributed by atoms with Crippen molar-refractivity contribution in [3.05, 3.63) is 47.0 Å². The molecule has 0 fully saturated rings. The summed E-state index contributed by atoms with van der Waals surface area (Å²) in [7, 11) is 0. The second-order valence-corrected chi connectivity index (χ2v) is 4.94. The van der Waals surface area contributed by atoms with Crippen molar-refractivity contribution in [2.75, 3.05) is 0 Å². The van der Waals surface area contributed by atoms with Gasteiger partial charge in [0.2, 0.25) is 5.88 Å². The molecule has 19 heavy (non-hydrogen) atoms. The molecule has 2 heterocycles. The Hall–Kier alpha value is -1.52. The highest BCUT2D eigenvalue weighted by Crippen LogP contribution is 2.23. The van der Waals surface area contributed by atoms with Gasteiger partial charge >= 0.3 is 0 Å². The van der Waals surface area contributed by atoms with Crippen molar-refractivity contribution in [3.8, 4) is 5.88 Å². The summed E-state index contributed by atoms with van der Waals surface area (Å²) >= 11 is 6.14. The predicted molar refractivity (Wildman–Crippen MR) is 74.3 cm³/mol. The maximum atomic E-state index is 6.14. The molecule has 2 aromatic heterocycles. The number of aromatic nitrogens is 1. The molecule has 0 saturated carbocycles. The van der Waals surface area contributed by atoms with Crippen LogP contribution in [0, 0.1) is 0 Å². The Morgan fingerprint density at radius 3 is 2.95 bits per heavy atom. The molecule has 0 unspecified atom stereocenters. The highest BCUT2D eigenvalue weighted by Gasteiger charge is 2.06. The van der Waals surface area contributed by atoms with E-state index in [2.05, 4.69) is 24.1 Å². The molecule has 0 radical (unpaired) electrons. The molecule has 0 saturated heterocycles. The van der Waals surface area contributed by atoms with Gasteiger partial charge in [0.25, 0.3) is 0 Å². The van der Waals surface area contributed by atoms with Crippen LogP contribution in [-0.2, 0) is 13.2 Å². The maximum Gasteiger partial charge on any atom is 0.233 e. The van der Waals surface area contributed by atoms with E-state index in [0.29, 0.717) is 23.6 Å². The van der Waals surface area contributed by atoms with Crippen LogP contribution >= 0.6 is 11.6 Å². The molecule has 0 aliphatic rings. The van der Waals surface area contributed by atoms with E-state index in [9.17, 15) is 0 Å². The molecule has 5 heteroatoms. The topological polar surface area (TPSA) is 47.3 Å². The zero-order valence-electron chi connectivity index (χ0n) is 11.0. The fourth-order valence-electron chi connectivity index (χ4n) is 1.52. The van der Waals surface area contributed by atoms with Gasteiger partial charge in [0.1, 0.15) is 17.4 Å². The zero-order chi connectivity index (χ0) is 13.7. The van der Waals surface area contributed by atoms with Gasteiger partial charge in [0, 0.05) is 18.8 Å². The van der Waals surface area contributed by atoms with Gasteiger partial charge in [0.15, 0.2) is 0 Å². The summed E-state index contributed by atoms with van der Waals surface area (Å²) < 4.78 is 10.7. The molecule has 2 aromatic rings. The van der Waals surface area contributed by atoms with Crippen molar-refractivity contribution >= 4 is 11.6 Å². The number of hydrogen-bond acceptors (Lipinski definition) is 4. The number of rotatable bonds is 6. The lowest BCUT2D eigenvalue weighted by Gasteiger charge is -2.10. The fraction of sp³-hybridized carbons (Fsp3) is 0.357. The number of hydrogen-bond donors (Lipinski definition) is 1. The summed E-state index contributed by atoms with van der Waals surface area (Å²) in [5, 5.41) is 3.82. The van der Waals surface area contributed by atoms with Gasteiger partial charge in [-0.05, 0) is 23.8 Å². The zero-order valence-corrected chi connectivity index (χ0v) is 11.8. The first kappa shape index (κ1) is 13.9. The van der Waals surface area contributed by atoms with Gasteiger partial charge in [-0.3, -0.25) is 0 Å². The fourth-order valence-corrected chi connectivity index (χ4v) is 1.77. The lowest BCUT2D eigenvalue weighted by molar-refractivity contribution is 0.260. The Bertz CT molecular complexity index is 512. The van der Waals surface area contributed by atoms with E-state index in [4.69, 9.17) is 20.8 Å². The third-order valence-electron chi connectivity index (χ3n) is 2.51. The first-order chi connectivity index (χ1) is 9.15. The van der Waals surface area contributed by atoms with Crippen LogP contribution in [0.2, 0.25) is 5.02 Å². The van der Waals surface area contributed by atoms with E-state index in [0.717, 1.165) is 17.9 Å². The van der Waals surface area contributed by atoms with Crippen molar-refractivity contribution in [2.45, 2.75) is 33.0 Å². The Balaban J connectivity index is 1.94. The Morgan fingerprint density at radius 2 is 2.32 bits per heavy atom. The number of nitrogens with zero attached hydrogens (tertiary/aromatic N) is 1. The summed E-state index contributed by atoms with van der Waals surface area (Å²) in [6.07, 6.45) is 3.37. The van der Waals surface area contributed by atoms with Gasteiger partial charge in [-0.25, -0.2) is 4.98 Å². The van der Waals surface area contributed by atoms with Crippen molar-refractivity contribution in [1.29, 1.82) is 0 Å². The van der Waals surface area contributed by atoms with E-state index < -0.39 is 0 Å². The number of pyridine rings is 1. The molecule has 4 nitrogen and oxygen atoms in total. The normalized spacial score (nSPS) is 10.9. The van der Waals surface area contributed by atoms with Gasteiger partial charge in [-0.15, -0.1) is 0 Å². The Morgan fingerprint density at radius 1 is 1.47 bits per heavy atom. The van der Waals surface area contributed by atoms with Gasteiger partial charge in [-0.1, -0.05) is 25.4 Å². The minimum absolute atomic E-state index is 0.323. The monoisotopic (exact) mass is 280 g/mol. The van der Waals surface area contributed by atoms with Crippen molar-refractivity contribution < 1.29 is 9.15 Å². The van der Waals surface area contributed by atoms with Gasteiger partial charge in [-0.2, -0.15) is 0 Å². The van der Waals surface area contributed by atoms with Crippen LogP contribution in [0.25, 0.3) is 0 Å². The molecule has 0 amide bonds. The van der Waals surface area contributed by atoms with Crippen LogP contribution in [0.15, 0.2) is 35.1 Å². The van der Waals surface area contributed by atoms with Crippen LogP contribution in [0.3, 0.4) is 0 Å². The van der Waals surface area contributed by atoms with E-state index >= 15 is 0 Å². The van der Waals surface area contributed by atoms with Crippen LogP contribution in [0.4, 0.5) is 0 Å². The van der Waals surface area contributed by atoms with E-state index in [1.807, 2.05) is 18.2 Å². The second-order valence-electron chi connectivity index (χ2n) is 4.53. The molecule has 0 aromatic carbocycles. The van der Waals surface area contributed by atoms with E-state index in [-0.39, 0.29) is 0 Å². The molecule has 0 aliphatic carbocycles. The summed E-state index contributed by atoms with van der Waals surface area (Å²) in [6, 6.07) is 5.94. The average Bonchev–Trinajstić information content (AvgIpc) is 2.88. The lowest BCUT2D eigenvalue weighted by Crippen LogP contribution is -2.21. The first-order valence-electron chi connectivity index (χ1n) is 6.18. The van der Waals surface area contributed by atoms with E-state index in [1.165, 1.54) is 0 Å². The molecule has 0 spiro atoms. The number of halogens is 1. The highest BCUT2D eigenvalue weighted by atomic mass is 35.5. The number of ether oxygens (including phenoxy) is 1. The van der Waals surface area contributed by atoms with Crippen LogP contribution < -0.4 is 10.1 Å². The number of furan rings is 1. The third kappa shape index (κ3) is 4.26. The first-order valence-corrected chi connectivity index (χ1v) is 6.56. The maximum absolute atomic E-state index is 6.14. The smallest absolute Gasteiger partial charge is 0.233 e. The van der Waals surface area contributed by atoms with Gasteiger partial charge in [0.05, 0.1) is 6.26 Å². The lowest BCUT2D eigenvalue weighted by atomic mass is 10.2. The largest absolute Gasteiger partial charge is 0.468 e. The van der Waals surface area contributed by atoms with Crippen molar-refractivity contribution in [3.63, 3.8) is 0 Å². The van der Waals surface area contributed by atoms with E-state index in [1.54, 1.807) is 12.5 Å². The molecule has 102 valence electrons. The second kappa shape index (κ2) is 6.59. The molecular weight excluding hydrogens is 264 g/mol. The van der Waals surface area contributed by atoms with Crippen LogP contribution in [0.1, 0.15) is 25.2 Å². The minimum Gasteiger partial charge on any atom is -0.468 e. The van der Waals surface area contributed by atoms with Gasteiger partial charge < -0.3 is 14.5 Å². The predicted octanol–water partition coefficient (Wildman–Crippen LogP) is 3.41. The standard InChI is InChI=1S/C14H17ClN2O2/c1-10(2)16-7-11-6-13(15)14(17-8-11)19-9-12-4-3-5-18-12/h3-6,8,10,16H,7,9H2,1-2H3. The quantitative estimate of drug-likeness (QED) is 0.881. The van der Waals surface area contributed by atoms with Crippen LogP contribution in [-0.4, -0.2) is 11.0 Å². The molecule has 2 rings (SSSR count). The number of nitrogens with one attached hydrogen (secondary N) is 1. The summed E-state index contributed by atoms with van der Waals surface area (Å²) in [4.78, 5) is 4.22. The van der Waals surface area contributed by atoms with Crippen LogP contribution in [0.5, 0.6) is 5.88 Å². The summed E-state index contributed by atoms with van der Waals surface area (Å²) in [6.45, 7) is 5.25. The Kier molecular flexibility index (Phi) is 4.82. The summed E-state index contributed by atoms with van der Waals surface area (Å²) in [5.74, 6) is 1.16. The minimum atomic E-state index is 0.323. The summed E-state index contributed by atoms with van der Waals surface area (Å²) in [5.41, 5.74) is 1.03. The van der Waals surface area contributed by atoms with Crippen molar-refractivity contribution in [2.24, 2.45) is 0 Å². The molecule has 0 aliphatic heterocycles. The molecule has 1 N–H and O–H groups in total. The highest BCUT2D eigenvalue weighted by molar-refractivity contribution is 6.31.